The van der Waals surface area contributed by atoms with Crippen molar-refractivity contribution in [1.29, 1.82) is 0 Å². The second-order valence-electron chi connectivity index (χ2n) is 6.15. The van der Waals surface area contributed by atoms with Crippen molar-refractivity contribution in [3.05, 3.63) is 30.2 Å². The maximum atomic E-state index is 13.0. The van der Waals surface area contributed by atoms with Crippen molar-refractivity contribution >= 4 is 32.6 Å². The number of nitrogens with zero attached hydrogens (tertiary/aromatic N) is 3. The number of hydrogen-bond donors (Lipinski definition) is 0. The van der Waals surface area contributed by atoms with Crippen LogP contribution in [0.2, 0.25) is 0 Å². The molecule has 0 N–H and O–H groups in total. The van der Waals surface area contributed by atoms with E-state index in [2.05, 4.69) is 9.88 Å². The lowest BCUT2D eigenvalue weighted by Crippen LogP contribution is -2.36. The summed E-state index contributed by atoms with van der Waals surface area (Å²) in [6.07, 6.45) is 2.22. The Morgan fingerprint density at radius 1 is 1.31 bits per heavy atom. The third-order valence-electron chi connectivity index (χ3n) is 3.91. The molecular formula is C18H23N3O4S. The molecule has 0 saturated heterocycles. The van der Waals surface area contributed by atoms with E-state index in [0.717, 1.165) is 28.9 Å². The molecule has 7 nitrogen and oxygen atoms in total. The fourth-order valence-electron chi connectivity index (χ4n) is 2.58. The fourth-order valence-corrected chi connectivity index (χ4v) is 3.60. The van der Waals surface area contributed by atoms with Crippen LogP contribution in [0.25, 0.3) is 10.2 Å². The maximum Gasteiger partial charge on any atom is 0.298 e. The predicted octanol–water partition coefficient (Wildman–Crippen LogP) is 2.48. The molecule has 26 heavy (non-hydrogen) atoms. The highest BCUT2D eigenvalue weighted by molar-refractivity contribution is 7.22. The molecule has 3 rings (SSSR count). The van der Waals surface area contributed by atoms with Gasteiger partial charge in [-0.05, 0) is 45.3 Å². The van der Waals surface area contributed by atoms with Crippen LogP contribution in [-0.2, 0) is 14.3 Å². The quantitative estimate of drug-likeness (QED) is 0.739. The molecule has 2 heterocycles. The van der Waals surface area contributed by atoms with Crippen molar-refractivity contribution < 1.29 is 19.0 Å². The van der Waals surface area contributed by atoms with E-state index < -0.39 is 0 Å². The Hall–Kier alpha value is -2.32. The van der Waals surface area contributed by atoms with Crippen LogP contribution in [0.5, 0.6) is 5.75 Å². The minimum Gasteiger partial charge on any atom is -0.497 e. The first-order valence-corrected chi connectivity index (χ1v) is 9.26. The molecule has 140 valence electrons. The maximum absolute atomic E-state index is 13.0. The minimum absolute atomic E-state index is 0.220. The van der Waals surface area contributed by atoms with Crippen LogP contribution in [0.1, 0.15) is 6.42 Å². The smallest absolute Gasteiger partial charge is 0.298 e. The highest BCUT2D eigenvalue weighted by Gasteiger charge is 2.26. The zero-order valence-corrected chi connectivity index (χ0v) is 16.0. The van der Waals surface area contributed by atoms with Crippen molar-refractivity contribution in [2.75, 3.05) is 52.4 Å². The number of hydrogen-bond acceptors (Lipinski definition) is 7. The summed E-state index contributed by atoms with van der Waals surface area (Å²) in [5.41, 5.74) is 0.839. The van der Waals surface area contributed by atoms with E-state index in [0.29, 0.717) is 24.9 Å². The number of methoxy groups -OCH3 is 1. The summed E-state index contributed by atoms with van der Waals surface area (Å²) in [5.74, 6) is 0.761. The molecule has 0 fully saturated rings. The molecular weight excluding hydrogens is 354 g/mol. The second kappa shape index (κ2) is 8.37. The van der Waals surface area contributed by atoms with Gasteiger partial charge in [-0.1, -0.05) is 11.3 Å². The lowest BCUT2D eigenvalue weighted by atomic mass is 10.3. The first-order valence-electron chi connectivity index (χ1n) is 8.44. The van der Waals surface area contributed by atoms with Gasteiger partial charge < -0.3 is 19.1 Å². The van der Waals surface area contributed by atoms with Gasteiger partial charge in [-0.2, -0.15) is 0 Å². The van der Waals surface area contributed by atoms with Gasteiger partial charge in [0.2, 0.25) is 5.76 Å². The van der Waals surface area contributed by atoms with E-state index in [1.165, 1.54) is 17.6 Å². The molecule has 1 aliphatic heterocycles. The molecule has 0 radical (unpaired) electrons. The molecule has 0 unspecified atom stereocenters. The molecule has 1 amide bonds. The number of aromatic nitrogens is 1. The molecule has 1 aromatic carbocycles. The topological polar surface area (TPSA) is 64.1 Å². The predicted molar refractivity (Wildman–Crippen MR) is 102 cm³/mol. The molecule has 0 atom stereocenters. The Morgan fingerprint density at radius 3 is 2.85 bits per heavy atom. The zero-order chi connectivity index (χ0) is 18.5. The highest BCUT2D eigenvalue weighted by atomic mass is 32.1. The number of ether oxygens (including phenoxy) is 3. The van der Waals surface area contributed by atoms with Gasteiger partial charge >= 0.3 is 0 Å². The van der Waals surface area contributed by atoms with E-state index in [4.69, 9.17) is 14.2 Å². The number of fused-ring (bicyclic) bond motifs is 1. The minimum atomic E-state index is -0.227. The van der Waals surface area contributed by atoms with Crippen LogP contribution in [0.3, 0.4) is 0 Å². The average molecular weight is 377 g/mol. The lowest BCUT2D eigenvalue weighted by Gasteiger charge is -2.23. The number of carbonyl (C=O) groups is 1. The Bertz CT molecular complexity index is 803. The van der Waals surface area contributed by atoms with Gasteiger partial charge in [0.05, 0.1) is 17.3 Å². The Balaban J connectivity index is 1.88. The van der Waals surface area contributed by atoms with Crippen LogP contribution in [0, 0.1) is 0 Å². The number of carbonyl (C=O) groups excluding carboxylic acids is 1. The average Bonchev–Trinajstić information content (AvgIpc) is 3.07. The number of benzene rings is 1. The van der Waals surface area contributed by atoms with Gasteiger partial charge in [0.25, 0.3) is 5.91 Å². The van der Waals surface area contributed by atoms with Crippen LogP contribution >= 0.6 is 11.3 Å². The normalized spacial score (nSPS) is 13.9. The molecule has 1 aromatic heterocycles. The summed E-state index contributed by atoms with van der Waals surface area (Å²) in [5, 5.41) is 0.645. The highest BCUT2D eigenvalue weighted by Crippen LogP contribution is 2.32. The lowest BCUT2D eigenvalue weighted by molar-refractivity contribution is -0.119. The summed E-state index contributed by atoms with van der Waals surface area (Å²) in [7, 11) is 5.65. The first-order chi connectivity index (χ1) is 12.6. The molecule has 8 heteroatoms. The number of rotatable bonds is 7. The van der Waals surface area contributed by atoms with Gasteiger partial charge in [-0.15, -0.1) is 0 Å². The van der Waals surface area contributed by atoms with Crippen LogP contribution in [0.15, 0.2) is 30.2 Å². The molecule has 0 aliphatic carbocycles. The number of thiazole rings is 1. The Labute approximate surface area is 156 Å². The zero-order valence-electron chi connectivity index (χ0n) is 15.2. The fraction of sp³-hybridized carbons (Fsp3) is 0.444. The monoisotopic (exact) mass is 377 g/mol. The summed E-state index contributed by atoms with van der Waals surface area (Å²) >= 11 is 1.46. The van der Waals surface area contributed by atoms with Crippen molar-refractivity contribution in [1.82, 2.24) is 9.88 Å². The van der Waals surface area contributed by atoms with Crippen molar-refractivity contribution in [3.8, 4) is 5.75 Å². The summed E-state index contributed by atoms with van der Waals surface area (Å²) in [4.78, 5) is 21.3. The van der Waals surface area contributed by atoms with Crippen molar-refractivity contribution in [2.24, 2.45) is 0 Å². The molecule has 2 aromatic rings. The molecule has 0 bridgehead atoms. The summed E-state index contributed by atoms with van der Waals surface area (Å²) < 4.78 is 17.0. The third kappa shape index (κ3) is 4.25. The standard InChI is InChI=1S/C18H23N3O4S/c1-20(2)7-4-8-21(17(22)15-12-24-9-10-25-15)18-19-14-6-5-13(23-3)11-16(14)26-18/h5-6,11-12H,4,7-10H2,1-3H3. The van der Waals surface area contributed by atoms with Crippen LogP contribution in [-0.4, -0.2) is 63.3 Å². The summed E-state index contributed by atoms with van der Waals surface area (Å²) in [6.45, 7) is 2.26. The molecule has 0 saturated carbocycles. The van der Waals surface area contributed by atoms with Gasteiger partial charge in [0.1, 0.15) is 25.2 Å². The summed E-state index contributed by atoms with van der Waals surface area (Å²) in [6, 6.07) is 5.69. The van der Waals surface area contributed by atoms with E-state index >= 15 is 0 Å². The first kappa shape index (κ1) is 18.5. The molecule has 0 spiro atoms. The van der Waals surface area contributed by atoms with Gasteiger partial charge in [0.15, 0.2) is 5.13 Å². The van der Waals surface area contributed by atoms with E-state index in [1.54, 1.807) is 12.0 Å². The van der Waals surface area contributed by atoms with Crippen molar-refractivity contribution in [2.45, 2.75) is 6.42 Å². The molecule has 1 aliphatic rings. The van der Waals surface area contributed by atoms with Gasteiger partial charge in [0, 0.05) is 6.54 Å². The Morgan fingerprint density at radius 2 is 2.15 bits per heavy atom. The Kier molecular flexibility index (Phi) is 5.95. The van der Waals surface area contributed by atoms with E-state index in [1.807, 2.05) is 32.3 Å². The van der Waals surface area contributed by atoms with E-state index in [-0.39, 0.29) is 11.7 Å². The number of amides is 1. The van der Waals surface area contributed by atoms with Gasteiger partial charge in [-0.25, -0.2) is 4.98 Å². The SMILES string of the molecule is COc1ccc2nc(N(CCCN(C)C)C(=O)C3=COCCO3)sc2c1. The largest absolute Gasteiger partial charge is 0.497 e. The third-order valence-corrected chi connectivity index (χ3v) is 4.95. The van der Waals surface area contributed by atoms with Crippen LogP contribution < -0.4 is 9.64 Å². The second-order valence-corrected chi connectivity index (χ2v) is 7.15. The van der Waals surface area contributed by atoms with E-state index in [9.17, 15) is 4.79 Å². The van der Waals surface area contributed by atoms with Crippen LogP contribution in [0.4, 0.5) is 5.13 Å². The van der Waals surface area contributed by atoms with Crippen molar-refractivity contribution in [3.63, 3.8) is 0 Å². The van der Waals surface area contributed by atoms with Gasteiger partial charge in [-0.3, -0.25) is 9.69 Å². The number of anilines is 1.